The third-order valence-corrected chi connectivity index (χ3v) is 6.63. The van der Waals surface area contributed by atoms with Gasteiger partial charge >= 0.3 is 0 Å². The largest absolute Gasteiger partial charge is 0.349 e. The predicted octanol–water partition coefficient (Wildman–Crippen LogP) is 3.50. The minimum atomic E-state index is -0.408. The van der Waals surface area contributed by atoms with E-state index in [0.29, 0.717) is 6.54 Å². The van der Waals surface area contributed by atoms with Crippen LogP contribution in [-0.4, -0.2) is 33.9 Å². The standard InChI is InChI=1S/C25H31N3O3/c1-17-11-12-18(2)21(15-17)22-10-6-14-28(22)23(29)16-27-13-5-9-20(25(27)31)24(30)26-19-7-3-4-8-19/h5,9,11-13,15,19,22H,3-4,6-8,10,14,16H2,1-2H3,(H,26,30)/t22-/m1/s1. The van der Waals surface area contributed by atoms with Crippen molar-refractivity contribution in [2.45, 2.75) is 71.0 Å². The van der Waals surface area contributed by atoms with E-state index in [9.17, 15) is 14.4 Å². The SMILES string of the molecule is Cc1ccc(C)c([C@H]2CCCN2C(=O)Cn2cccc(C(=O)NC3CCCC3)c2=O)c1. The summed E-state index contributed by atoms with van der Waals surface area (Å²) in [5, 5.41) is 2.96. The van der Waals surface area contributed by atoms with Gasteiger partial charge in [-0.2, -0.15) is 0 Å². The van der Waals surface area contributed by atoms with Crippen LogP contribution >= 0.6 is 0 Å². The Morgan fingerprint density at radius 2 is 1.84 bits per heavy atom. The summed E-state index contributed by atoms with van der Waals surface area (Å²) in [5.74, 6) is -0.424. The number of amides is 2. The third kappa shape index (κ3) is 4.58. The van der Waals surface area contributed by atoms with Crippen molar-refractivity contribution >= 4 is 11.8 Å². The van der Waals surface area contributed by atoms with E-state index in [2.05, 4.69) is 37.4 Å². The number of likely N-dealkylation sites (tertiary alicyclic amines) is 1. The zero-order valence-electron chi connectivity index (χ0n) is 18.4. The van der Waals surface area contributed by atoms with Crippen molar-refractivity contribution in [2.75, 3.05) is 6.54 Å². The fraction of sp³-hybridized carbons (Fsp3) is 0.480. The predicted molar refractivity (Wildman–Crippen MR) is 120 cm³/mol. The van der Waals surface area contributed by atoms with E-state index >= 15 is 0 Å². The number of carbonyl (C=O) groups is 2. The van der Waals surface area contributed by atoms with Crippen molar-refractivity contribution in [3.05, 3.63) is 69.1 Å². The lowest BCUT2D eigenvalue weighted by Gasteiger charge is -2.27. The van der Waals surface area contributed by atoms with E-state index in [-0.39, 0.29) is 36.0 Å². The summed E-state index contributed by atoms with van der Waals surface area (Å²) in [5.41, 5.74) is 3.24. The molecule has 6 nitrogen and oxygen atoms in total. The summed E-state index contributed by atoms with van der Waals surface area (Å²) in [6, 6.07) is 9.74. The molecule has 0 unspecified atom stereocenters. The average molecular weight is 422 g/mol. The average Bonchev–Trinajstić information content (AvgIpc) is 3.43. The Balaban J connectivity index is 1.51. The van der Waals surface area contributed by atoms with Crippen LogP contribution in [-0.2, 0) is 11.3 Å². The highest BCUT2D eigenvalue weighted by Crippen LogP contribution is 2.34. The number of pyridine rings is 1. The Kier molecular flexibility index (Phi) is 6.25. The molecule has 0 radical (unpaired) electrons. The maximum atomic E-state index is 13.2. The van der Waals surface area contributed by atoms with Crippen LogP contribution in [0.5, 0.6) is 0 Å². The molecule has 1 saturated heterocycles. The van der Waals surface area contributed by atoms with Crippen LogP contribution in [0.4, 0.5) is 0 Å². The van der Waals surface area contributed by atoms with Crippen LogP contribution in [0.25, 0.3) is 0 Å². The maximum absolute atomic E-state index is 13.2. The zero-order chi connectivity index (χ0) is 22.0. The lowest BCUT2D eigenvalue weighted by molar-refractivity contribution is -0.132. The summed E-state index contributed by atoms with van der Waals surface area (Å²) in [6.45, 7) is 4.77. The fourth-order valence-electron chi connectivity index (χ4n) is 4.91. The Hall–Kier alpha value is -2.89. The zero-order valence-corrected chi connectivity index (χ0v) is 18.4. The van der Waals surface area contributed by atoms with Gasteiger partial charge in [-0.15, -0.1) is 0 Å². The fourth-order valence-corrected chi connectivity index (χ4v) is 4.91. The summed E-state index contributed by atoms with van der Waals surface area (Å²) in [7, 11) is 0. The summed E-state index contributed by atoms with van der Waals surface area (Å²) >= 11 is 0. The van der Waals surface area contributed by atoms with Gasteiger partial charge in [-0.1, -0.05) is 36.6 Å². The lowest BCUT2D eigenvalue weighted by Crippen LogP contribution is -2.40. The summed E-state index contributed by atoms with van der Waals surface area (Å²) in [6.07, 6.45) is 7.60. The second-order valence-corrected chi connectivity index (χ2v) is 8.91. The molecule has 2 aromatic rings. The van der Waals surface area contributed by atoms with Gasteiger partial charge in [0, 0.05) is 18.8 Å². The number of nitrogens with zero attached hydrogens (tertiary/aromatic N) is 2. The Morgan fingerprint density at radius 3 is 2.61 bits per heavy atom. The molecule has 1 N–H and O–H groups in total. The molecule has 1 aromatic carbocycles. The molecule has 31 heavy (non-hydrogen) atoms. The topological polar surface area (TPSA) is 71.4 Å². The molecule has 4 rings (SSSR count). The molecule has 1 aromatic heterocycles. The summed E-state index contributed by atoms with van der Waals surface area (Å²) in [4.78, 5) is 40.6. The molecule has 2 amide bonds. The molecule has 1 aliphatic heterocycles. The minimum absolute atomic E-state index is 0.0388. The van der Waals surface area contributed by atoms with Gasteiger partial charge in [0.2, 0.25) is 5.91 Å². The maximum Gasteiger partial charge on any atom is 0.263 e. The van der Waals surface area contributed by atoms with Crippen LogP contribution in [0, 0.1) is 13.8 Å². The van der Waals surface area contributed by atoms with Gasteiger partial charge in [0.25, 0.3) is 11.5 Å². The molecule has 2 heterocycles. The molecule has 1 atom stereocenters. The number of rotatable bonds is 5. The molecule has 1 saturated carbocycles. The van der Waals surface area contributed by atoms with E-state index in [1.54, 1.807) is 18.3 Å². The number of nitrogens with one attached hydrogen (secondary N) is 1. The van der Waals surface area contributed by atoms with Gasteiger partial charge in [-0.05, 0) is 62.8 Å². The monoisotopic (exact) mass is 421 g/mol. The smallest absolute Gasteiger partial charge is 0.263 e. The summed E-state index contributed by atoms with van der Waals surface area (Å²) < 4.78 is 1.37. The van der Waals surface area contributed by atoms with Gasteiger partial charge in [0.05, 0.1) is 6.04 Å². The Labute approximate surface area is 183 Å². The van der Waals surface area contributed by atoms with E-state index in [0.717, 1.165) is 38.5 Å². The minimum Gasteiger partial charge on any atom is -0.349 e. The molecule has 0 spiro atoms. The van der Waals surface area contributed by atoms with Gasteiger partial charge in [0.1, 0.15) is 12.1 Å². The highest BCUT2D eigenvalue weighted by atomic mass is 16.2. The molecular weight excluding hydrogens is 390 g/mol. The Bertz CT molecular complexity index is 1040. The van der Waals surface area contributed by atoms with Gasteiger partial charge in [-0.25, -0.2) is 0 Å². The van der Waals surface area contributed by atoms with Crippen molar-refractivity contribution in [1.29, 1.82) is 0 Å². The van der Waals surface area contributed by atoms with Crippen molar-refractivity contribution in [1.82, 2.24) is 14.8 Å². The normalized spacial score (nSPS) is 19.0. The number of aryl methyl sites for hydroxylation is 2. The molecule has 164 valence electrons. The molecule has 2 fully saturated rings. The van der Waals surface area contributed by atoms with Crippen LogP contribution in [0.15, 0.2) is 41.3 Å². The Morgan fingerprint density at radius 1 is 1.06 bits per heavy atom. The quantitative estimate of drug-likeness (QED) is 0.803. The number of carbonyl (C=O) groups excluding carboxylic acids is 2. The van der Waals surface area contributed by atoms with Crippen LogP contribution in [0.1, 0.15) is 71.6 Å². The van der Waals surface area contributed by atoms with Gasteiger partial charge < -0.3 is 14.8 Å². The highest BCUT2D eigenvalue weighted by Gasteiger charge is 2.31. The van der Waals surface area contributed by atoms with E-state index in [4.69, 9.17) is 0 Å². The molecule has 1 aliphatic carbocycles. The number of hydrogen-bond acceptors (Lipinski definition) is 3. The van der Waals surface area contributed by atoms with Crippen molar-refractivity contribution in [3.8, 4) is 0 Å². The van der Waals surface area contributed by atoms with Gasteiger partial charge in [0.15, 0.2) is 0 Å². The van der Waals surface area contributed by atoms with E-state index in [1.807, 2.05) is 4.90 Å². The highest BCUT2D eigenvalue weighted by molar-refractivity contribution is 5.94. The molecule has 2 aliphatic rings. The first-order chi connectivity index (χ1) is 14.9. The van der Waals surface area contributed by atoms with Crippen molar-refractivity contribution < 1.29 is 9.59 Å². The number of benzene rings is 1. The lowest BCUT2D eigenvalue weighted by atomic mass is 9.97. The van der Waals surface area contributed by atoms with Crippen LogP contribution in [0.2, 0.25) is 0 Å². The first kappa shape index (κ1) is 21.3. The first-order valence-corrected chi connectivity index (χ1v) is 11.3. The molecular formula is C25H31N3O3. The van der Waals surface area contributed by atoms with Crippen LogP contribution < -0.4 is 10.9 Å². The van der Waals surface area contributed by atoms with E-state index in [1.165, 1.54) is 21.3 Å². The second kappa shape index (κ2) is 9.08. The number of aromatic nitrogens is 1. The number of hydrogen-bond donors (Lipinski definition) is 1. The van der Waals surface area contributed by atoms with Crippen molar-refractivity contribution in [2.24, 2.45) is 0 Å². The van der Waals surface area contributed by atoms with Crippen LogP contribution in [0.3, 0.4) is 0 Å². The first-order valence-electron chi connectivity index (χ1n) is 11.3. The second-order valence-electron chi connectivity index (χ2n) is 8.91. The third-order valence-electron chi connectivity index (χ3n) is 6.63. The van der Waals surface area contributed by atoms with Crippen molar-refractivity contribution in [3.63, 3.8) is 0 Å². The molecule has 0 bridgehead atoms. The van der Waals surface area contributed by atoms with Gasteiger partial charge in [-0.3, -0.25) is 14.4 Å². The van der Waals surface area contributed by atoms with E-state index < -0.39 is 5.56 Å². The molecule has 6 heteroatoms.